The number of rotatable bonds is 7. The van der Waals surface area contributed by atoms with Crippen LogP contribution >= 0.6 is 23.5 Å². The zero-order valence-electron chi connectivity index (χ0n) is 16.7. The molecule has 1 fully saturated rings. The average Bonchev–Trinajstić information content (AvgIpc) is 3.24. The highest BCUT2D eigenvalue weighted by atomic mass is 35.5. The van der Waals surface area contributed by atoms with Gasteiger partial charge in [-0.15, -0.1) is 0 Å². The van der Waals surface area contributed by atoms with Crippen LogP contribution in [0.1, 0.15) is 47.7 Å². The molecule has 152 valence electrons. The summed E-state index contributed by atoms with van der Waals surface area (Å²) in [6.07, 6.45) is 3.25. The zero-order valence-corrected chi connectivity index (χ0v) is 18.3. The summed E-state index contributed by atoms with van der Waals surface area (Å²) in [5.41, 5.74) is 4.19. The number of hydrogen-bond donors (Lipinski definition) is 2. The Morgan fingerprint density at radius 1 is 1.28 bits per heavy atom. The molecule has 0 atom stereocenters. The lowest BCUT2D eigenvalue weighted by Crippen LogP contribution is -2.16. The molecule has 1 aliphatic rings. The quantitative estimate of drug-likeness (QED) is 0.428. The van der Waals surface area contributed by atoms with Crippen LogP contribution in [0.2, 0.25) is 5.02 Å². The van der Waals surface area contributed by atoms with Gasteiger partial charge in [0.2, 0.25) is 0 Å². The highest BCUT2D eigenvalue weighted by Gasteiger charge is 2.19. The lowest BCUT2D eigenvalue weighted by Gasteiger charge is -2.19. The molecule has 0 spiro atoms. The molecule has 0 saturated carbocycles. The van der Waals surface area contributed by atoms with Crippen molar-refractivity contribution in [1.29, 1.82) is 5.26 Å². The van der Waals surface area contributed by atoms with E-state index < -0.39 is 0 Å². The normalized spacial score (nSPS) is 13.2. The van der Waals surface area contributed by atoms with Gasteiger partial charge < -0.3 is 14.9 Å². The van der Waals surface area contributed by atoms with Gasteiger partial charge in [-0.2, -0.15) is 5.26 Å². The molecule has 0 bridgehead atoms. The van der Waals surface area contributed by atoms with E-state index in [1.807, 2.05) is 25.1 Å². The van der Waals surface area contributed by atoms with Crippen molar-refractivity contribution in [1.82, 2.24) is 0 Å². The molecule has 2 aromatic carbocycles. The summed E-state index contributed by atoms with van der Waals surface area (Å²) in [7, 11) is 0. The van der Waals surface area contributed by atoms with Gasteiger partial charge in [-0.25, -0.2) is 0 Å². The third kappa shape index (κ3) is 5.37. The Bertz CT molecular complexity index is 935. The Balaban J connectivity index is 1.84. The summed E-state index contributed by atoms with van der Waals surface area (Å²) >= 11 is 8.22. The Hall–Kier alpha value is -2.36. The van der Waals surface area contributed by atoms with E-state index in [9.17, 15) is 10.1 Å². The summed E-state index contributed by atoms with van der Waals surface area (Å²) in [5.74, 6) is 0.802. The van der Waals surface area contributed by atoms with E-state index in [2.05, 4.69) is 27.9 Å². The van der Waals surface area contributed by atoms with E-state index >= 15 is 0 Å². The van der Waals surface area contributed by atoms with Crippen molar-refractivity contribution in [3.63, 3.8) is 0 Å². The Morgan fingerprint density at radius 2 is 2.07 bits per heavy atom. The number of carbonyl (C=O) groups is 1. The molecule has 29 heavy (non-hydrogen) atoms. The van der Waals surface area contributed by atoms with Gasteiger partial charge in [-0.3, -0.25) is 4.79 Å². The molecule has 3 rings (SSSR count). The van der Waals surface area contributed by atoms with Gasteiger partial charge in [-0.05, 0) is 67.6 Å². The minimum atomic E-state index is -0.279. The van der Waals surface area contributed by atoms with Crippen LogP contribution in [0.25, 0.3) is 0 Å². The minimum Gasteiger partial charge on any atom is -0.385 e. The molecule has 5 nitrogen and oxygen atoms in total. The monoisotopic (exact) mass is 428 g/mol. The second kappa shape index (κ2) is 9.91. The van der Waals surface area contributed by atoms with Crippen molar-refractivity contribution < 1.29 is 4.79 Å². The summed E-state index contributed by atoms with van der Waals surface area (Å²) in [6.45, 7) is 5.82. The van der Waals surface area contributed by atoms with Crippen LogP contribution in [-0.4, -0.2) is 24.7 Å². The first-order chi connectivity index (χ1) is 14.0. The van der Waals surface area contributed by atoms with E-state index in [0.29, 0.717) is 21.8 Å². The van der Waals surface area contributed by atoms with Crippen LogP contribution in [-0.2, 0) is 0 Å². The van der Waals surface area contributed by atoms with Gasteiger partial charge in [0.25, 0.3) is 5.91 Å². The van der Waals surface area contributed by atoms with Gasteiger partial charge in [0, 0.05) is 35.9 Å². The Morgan fingerprint density at radius 3 is 2.76 bits per heavy atom. The number of hydrogen-bond acceptors (Lipinski definition) is 5. The third-order valence-corrected chi connectivity index (χ3v) is 6.38. The van der Waals surface area contributed by atoms with Crippen LogP contribution in [0.15, 0.2) is 30.3 Å². The molecule has 1 amide bonds. The van der Waals surface area contributed by atoms with Crippen LogP contribution in [0.3, 0.4) is 0 Å². The molecule has 7 heteroatoms. The number of halogens is 1. The summed E-state index contributed by atoms with van der Waals surface area (Å²) in [6, 6.07) is 11.3. The van der Waals surface area contributed by atoms with Gasteiger partial charge in [0.15, 0.2) is 0 Å². The molecule has 0 aliphatic carbocycles. The summed E-state index contributed by atoms with van der Waals surface area (Å²) in [5, 5.41) is 16.0. The van der Waals surface area contributed by atoms with Gasteiger partial charge in [0.05, 0.1) is 22.2 Å². The Labute approximate surface area is 181 Å². The lowest BCUT2D eigenvalue weighted by molar-refractivity contribution is 0.102. The van der Waals surface area contributed by atoms with Crippen LogP contribution < -0.4 is 14.9 Å². The smallest absolute Gasteiger partial charge is 0.257 e. The highest BCUT2D eigenvalue weighted by Crippen LogP contribution is 2.34. The number of amides is 1. The summed E-state index contributed by atoms with van der Waals surface area (Å²) in [4.78, 5) is 13.0. The minimum absolute atomic E-state index is 0.279. The maximum Gasteiger partial charge on any atom is 0.257 e. The SMILES string of the molecule is CCCCNc1cc(C#N)cc(NC(=O)c2cc(N3CCCS3)cc(C)c2Cl)c1. The van der Waals surface area contributed by atoms with Crippen molar-refractivity contribution in [3.8, 4) is 6.07 Å². The number of carbonyl (C=O) groups excluding carboxylic acids is 1. The topological polar surface area (TPSA) is 68.2 Å². The number of benzene rings is 2. The molecule has 0 unspecified atom stereocenters. The average molecular weight is 429 g/mol. The lowest BCUT2D eigenvalue weighted by atomic mass is 10.1. The van der Waals surface area contributed by atoms with E-state index in [0.717, 1.165) is 55.0 Å². The first-order valence-corrected chi connectivity index (χ1v) is 11.1. The van der Waals surface area contributed by atoms with Crippen LogP contribution in [0, 0.1) is 18.3 Å². The standard InChI is InChI=1S/C22H25ClN4OS/c1-3-4-6-25-17-10-16(14-24)11-18(12-17)26-22(28)20-13-19(9-15(2)21(20)23)27-7-5-8-29-27/h9-13,25H,3-8H2,1-2H3,(H,26,28). The molecule has 1 heterocycles. The van der Waals surface area contributed by atoms with Gasteiger partial charge in [0.1, 0.15) is 0 Å². The highest BCUT2D eigenvalue weighted by molar-refractivity contribution is 8.00. The number of anilines is 3. The third-order valence-electron chi connectivity index (χ3n) is 4.70. The van der Waals surface area contributed by atoms with Crippen molar-refractivity contribution in [2.75, 3.05) is 33.8 Å². The van der Waals surface area contributed by atoms with Crippen molar-refractivity contribution >= 4 is 46.5 Å². The van der Waals surface area contributed by atoms with Crippen LogP contribution in [0.4, 0.5) is 17.1 Å². The molecule has 2 aromatic rings. The molecular weight excluding hydrogens is 404 g/mol. The number of aryl methyl sites for hydroxylation is 1. The fraction of sp³-hybridized carbons (Fsp3) is 0.364. The number of nitrogens with one attached hydrogen (secondary N) is 2. The van der Waals surface area contributed by atoms with Gasteiger partial charge >= 0.3 is 0 Å². The van der Waals surface area contributed by atoms with E-state index in [1.54, 1.807) is 24.1 Å². The van der Waals surface area contributed by atoms with E-state index in [1.165, 1.54) is 0 Å². The maximum absolute atomic E-state index is 13.0. The number of nitrogens with zero attached hydrogens (tertiary/aromatic N) is 2. The first-order valence-electron chi connectivity index (χ1n) is 9.83. The predicted molar refractivity (Wildman–Crippen MR) is 123 cm³/mol. The fourth-order valence-electron chi connectivity index (χ4n) is 3.19. The maximum atomic E-state index is 13.0. The van der Waals surface area contributed by atoms with Crippen molar-refractivity contribution in [2.24, 2.45) is 0 Å². The molecule has 1 aliphatic heterocycles. The Kier molecular flexibility index (Phi) is 7.29. The predicted octanol–water partition coefficient (Wildman–Crippen LogP) is 5.84. The van der Waals surface area contributed by atoms with Crippen molar-refractivity contribution in [2.45, 2.75) is 33.1 Å². The zero-order chi connectivity index (χ0) is 20.8. The fourth-order valence-corrected chi connectivity index (χ4v) is 4.37. The van der Waals surface area contributed by atoms with Gasteiger partial charge in [-0.1, -0.05) is 24.9 Å². The second-order valence-corrected chi connectivity index (χ2v) is 8.54. The molecule has 0 aromatic heterocycles. The molecule has 2 N–H and O–H groups in total. The van der Waals surface area contributed by atoms with E-state index in [-0.39, 0.29) is 5.91 Å². The van der Waals surface area contributed by atoms with Crippen molar-refractivity contribution in [3.05, 3.63) is 52.0 Å². The molecular formula is C22H25ClN4OS. The first kappa shape index (κ1) is 21.4. The van der Waals surface area contributed by atoms with E-state index in [4.69, 9.17) is 11.6 Å². The molecule has 1 saturated heterocycles. The second-order valence-electron chi connectivity index (χ2n) is 7.06. The largest absolute Gasteiger partial charge is 0.385 e. The molecule has 0 radical (unpaired) electrons. The number of unbranched alkanes of at least 4 members (excludes halogenated alkanes) is 1. The van der Waals surface area contributed by atoms with Crippen LogP contribution in [0.5, 0.6) is 0 Å². The summed E-state index contributed by atoms with van der Waals surface area (Å²) < 4.78 is 2.20. The number of nitriles is 1.